The molecule has 0 rings (SSSR count). The topological polar surface area (TPSA) is 61.8 Å². The van der Waals surface area contributed by atoms with Gasteiger partial charge in [-0.25, -0.2) is 0 Å². The smallest absolute Gasteiger partial charge is 0.306 e. The molecule has 0 bridgehead atoms. The lowest BCUT2D eigenvalue weighted by atomic mass is 10.0. The third-order valence-corrected chi connectivity index (χ3v) is 12.0. The van der Waals surface area contributed by atoms with E-state index in [9.17, 15) is 9.59 Å². The molecule has 0 N–H and O–H groups in total. The van der Waals surface area contributed by atoms with Gasteiger partial charge in [-0.05, 0) is 70.6 Å². The Labute approximate surface area is 375 Å². The van der Waals surface area contributed by atoms with E-state index in [4.69, 9.17) is 14.2 Å². The maximum absolute atomic E-state index is 12.8. The highest BCUT2D eigenvalue weighted by Gasteiger charge is 2.17. The van der Waals surface area contributed by atoms with E-state index in [0.717, 1.165) is 57.8 Å². The first-order valence-electron chi connectivity index (χ1n) is 26.9. The van der Waals surface area contributed by atoms with Crippen LogP contribution < -0.4 is 0 Å². The standard InChI is InChI=1S/C55H104O5/c1-4-7-10-13-16-19-22-25-28-30-33-36-39-42-45-48-54(56)59-52-53(51-58-50-47-44-41-38-35-32-27-24-21-18-15-12-9-6-3)60-55(57)49-46-43-40-37-34-31-29-26-23-20-17-14-11-8-5-2/h25-26,28-29,53H,4-24,27,30-52H2,1-3H3/b28-25-,29-26-. The molecule has 0 aromatic heterocycles. The van der Waals surface area contributed by atoms with Gasteiger partial charge in [0.25, 0.3) is 0 Å². The molecule has 0 aliphatic carbocycles. The third-order valence-electron chi connectivity index (χ3n) is 12.0. The molecule has 0 aliphatic rings. The van der Waals surface area contributed by atoms with Crippen LogP contribution in [0.25, 0.3) is 0 Å². The van der Waals surface area contributed by atoms with Crippen LogP contribution in [0, 0.1) is 0 Å². The Morgan fingerprint density at radius 3 is 1.02 bits per heavy atom. The van der Waals surface area contributed by atoms with Gasteiger partial charge >= 0.3 is 11.9 Å². The van der Waals surface area contributed by atoms with Crippen molar-refractivity contribution in [1.82, 2.24) is 0 Å². The largest absolute Gasteiger partial charge is 0.462 e. The predicted molar refractivity (Wildman–Crippen MR) is 261 cm³/mol. The molecule has 60 heavy (non-hydrogen) atoms. The maximum Gasteiger partial charge on any atom is 0.306 e. The minimum atomic E-state index is -0.537. The second-order valence-electron chi connectivity index (χ2n) is 18.1. The summed E-state index contributed by atoms with van der Waals surface area (Å²) in [6.45, 7) is 7.86. The minimum Gasteiger partial charge on any atom is -0.462 e. The highest BCUT2D eigenvalue weighted by molar-refractivity contribution is 5.70. The zero-order valence-corrected chi connectivity index (χ0v) is 40.7. The van der Waals surface area contributed by atoms with Crippen molar-refractivity contribution in [1.29, 1.82) is 0 Å². The van der Waals surface area contributed by atoms with Gasteiger partial charge in [0.2, 0.25) is 0 Å². The quantitative estimate of drug-likeness (QED) is 0.0347. The van der Waals surface area contributed by atoms with E-state index in [0.29, 0.717) is 19.4 Å². The number of allylic oxidation sites excluding steroid dienone is 4. The minimum absolute atomic E-state index is 0.0841. The lowest BCUT2D eigenvalue weighted by molar-refractivity contribution is -0.163. The third kappa shape index (κ3) is 49.0. The molecule has 0 aliphatic heterocycles. The summed E-state index contributed by atoms with van der Waals surface area (Å²) >= 11 is 0. The number of carbonyl (C=O) groups excluding carboxylic acids is 2. The molecule has 1 unspecified atom stereocenters. The van der Waals surface area contributed by atoms with Crippen molar-refractivity contribution < 1.29 is 23.8 Å². The van der Waals surface area contributed by atoms with E-state index >= 15 is 0 Å². The molecule has 0 heterocycles. The number of esters is 2. The summed E-state index contributed by atoms with van der Waals surface area (Å²) in [5, 5.41) is 0. The van der Waals surface area contributed by atoms with Crippen molar-refractivity contribution in [2.24, 2.45) is 0 Å². The normalized spacial score (nSPS) is 12.2. The van der Waals surface area contributed by atoms with Crippen LogP contribution in [-0.2, 0) is 23.8 Å². The summed E-state index contributed by atoms with van der Waals surface area (Å²) in [5.41, 5.74) is 0. The summed E-state index contributed by atoms with van der Waals surface area (Å²) in [6, 6.07) is 0. The van der Waals surface area contributed by atoms with E-state index in [-0.39, 0.29) is 25.2 Å². The molecule has 0 radical (unpaired) electrons. The van der Waals surface area contributed by atoms with Crippen molar-refractivity contribution in [2.45, 2.75) is 297 Å². The number of carbonyl (C=O) groups is 2. The predicted octanol–water partition coefficient (Wildman–Crippen LogP) is 18.0. The van der Waals surface area contributed by atoms with E-state index in [1.807, 2.05) is 0 Å². The van der Waals surface area contributed by atoms with Crippen molar-refractivity contribution in [3.63, 3.8) is 0 Å². The second kappa shape index (κ2) is 51.7. The first-order chi connectivity index (χ1) is 29.6. The Morgan fingerprint density at radius 1 is 0.350 bits per heavy atom. The highest BCUT2D eigenvalue weighted by Crippen LogP contribution is 2.15. The maximum atomic E-state index is 12.8. The molecule has 0 spiro atoms. The lowest BCUT2D eigenvalue weighted by Crippen LogP contribution is -2.30. The van der Waals surface area contributed by atoms with E-state index in [1.54, 1.807) is 0 Å². The van der Waals surface area contributed by atoms with Crippen molar-refractivity contribution in [3.05, 3.63) is 24.3 Å². The van der Waals surface area contributed by atoms with E-state index < -0.39 is 6.10 Å². The lowest BCUT2D eigenvalue weighted by Gasteiger charge is -2.18. The molecule has 1 atom stereocenters. The molecule has 0 aromatic carbocycles. The number of hydrogen-bond acceptors (Lipinski definition) is 5. The average molecular weight is 845 g/mol. The molecule has 0 saturated heterocycles. The summed E-state index contributed by atoms with van der Waals surface area (Å²) < 4.78 is 17.4. The molecule has 5 nitrogen and oxygen atoms in total. The first kappa shape index (κ1) is 58.4. The van der Waals surface area contributed by atoms with Crippen LogP contribution >= 0.6 is 0 Å². The molecule has 0 amide bonds. The summed E-state index contributed by atoms with van der Waals surface area (Å²) in [7, 11) is 0. The number of ether oxygens (including phenoxy) is 3. The van der Waals surface area contributed by atoms with Gasteiger partial charge < -0.3 is 14.2 Å². The number of unbranched alkanes of at least 4 members (excludes halogenated alkanes) is 35. The fourth-order valence-corrected chi connectivity index (χ4v) is 7.91. The highest BCUT2D eigenvalue weighted by atomic mass is 16.6. The van der Waals surface area contributed by atoms with Crippen molar-refractivity contribution >= 4 is 11.9 Å². The monoisotopic (exact) mass is 845 g/mol. The molecule has 5 heteroatoms. The van der Waals surface area contributed by atoms with Gasteiger partial charge in [-0.3, -0.25) is 9.59 Å². The molecule has 0 saturated carbocycles. The Balaban J connectivity index is 4.25. The van der Waals surface area contributed by atoms with Crippen molar-refractivity contribution in [3.8, 4) is 0 Å². The molecule has 354 valence electrons. The van der Waals surface area contributed by atoms with Gasteiger partial charge in [0.15, 0.2) is 6.10 Å². The Bertz CT molecular complexity index is 913. The van der Waals surface area contributed by atoms with Gasteiger partial charge in [-0.1, -0.05) is 231 Å². The fourth-order valence-electron chi connectivity index (χ4n) is 7.91. The van der Waals surface area contributed by atoms with Gasteiger partial charge in [-0.15, -0.1) is 0 Å². The zero-order chi connectivity index (χ0) is 43.5. The van der Waals surface area contributed by atoms with E-state index in [1.165, 1.54) is 199 Å². The number of rotatable bonds is 50. The molecular formula is C55H104O5. The van der Waals surface area contributed by atoms with Crippen LogP contribution in [0.15, 0.2) is 24.3 Å². The van der Waals surface area contributed by atoms with Gasteiger partial charge in [0.05, 0.1) is 6.61 Å². The summed E-state index contributed by atoms with van der Waals surface area (Å²) in [6.07, 6.45) is 60.4. The van der Waals surface area contributed by atoms with Gasteiger partial charge in [-0.2, -0.15) is 0 Å². The molecule has 0 fully saturated rings. The first-order valence-corrected chi connectivity index (χ1v) is 26.9. The van der Waals surface area contributed by atoms with Crippen LogP contribution in [0.2, 0.25) is 0 Å². The van der Waals surface area contributed by atoms with Crippen molar-refractivity contribution in [2.75, 3.05) is 19.8 Å². The Kier molecular flexibility index (Phi) is 50.3. The van der Waals surface area contributed by atoms with E-state index in [2.05, 4.69) is 45.1 Å². The van der Waals surface area contributed by atoms with Crippen LogP contribution in [0.5, 0.6) is 0 Å². The second-order valence-corrected chi connectivity index (χ2v) is 18.1. The zero-order valence-electron chi connectivity index (χ0n) is 40.7. The van der Waals surface area contributed by atoms with Crippen LogP contribution in [0.1, 0.15) is 290 Å². The number of hydrogen-bond donors (Lipinski definition) is 0. The molecular weight excluding hydrogens is 741 g/mol. The Morgan fingerprint density at radius 2 is 0.650 bits per heavy atom. The molecule has 0 aromatic rings. The SMILES string of the molecule is CCCCCCCC/C=C\CCCCCCCC(=O)OCC(COCCCCCCCCCCCCCCCC)OC(=O)CCCCCCC/C=C\CCCCCCCC. The fraction of sp³-hybridized carbons (Fsp3) is 0.891. The van der Waals surface area contributed by atoms with Crippen LogP contribution in [0.3, 0.4) is 0 Å². The van der Waals surface area contributed by atoms with Crippen LogP contribution in [-0.4, -0.2) is 37.9 Å². The Hall–Kier alpha value is -1.62. The van der Waals surface area contributed by atoms with Gasteiger partial charge in [0, 0.05) is 19.4 Å². The summed E-state index contributed by atoms with van der Waals surface area (Å²) in [5.74, 6) is -0.399. The van der Waals surface area contributed by atoms with Crippen LogP contribution in [0.4, 0.5) is 0 Å². The summed E-state index contributed by atoms with van der Waals surface area (Å²) in [4.78, 5) is 25.4. The average Bonchev–Trinajstić information content (AvgIpc) is 3.25. The van der Waals surface area contributed by atoms with Gasteiger partial charge in [0.1, 0.15) is 6.61 Å².